The Morgan fingerprint density at radius 1 is 0.840 bits per heavy atom. The van der Waals surface area contributed by atoms with E-state index >= 15 is 0 Å². The van der Waals surface area contributed by atoms with Crippen LogP contribution in [0.25, 0.3) is 0 Å². The van der Waals surface area contributed by atoms with Gasteiger partial charge in [0.15, 0.2) is 11.6 Å². The molecule has 0 unspecified atom stereocenters. The molecular weight excluding hydrogens is 356 g/mol. The normalized spacial score (nSPS) is 19.4. The summed E-state index contributed by atoms with van der Waals surface area (Å²) in [7, 11) is 3.60. The number of nitrogens with one attached hydrogen (secondary N) is 2. The van der Waals surface area contributed by atoms with Crippen LogP contribution in [0.1, 0.15) is 46.0 Å². The Kier molecular flexibility index (Phi) is 6.30. The van der Waals surface area contributed by atoms with Gasteiger partial charge in [0.1, 0.15) is 0 Å². The van der Waals surface area contributed by atoms with Gasteiger partial charge in [-0.1, -0.05) is 38.3 Å². The van der Waals surface area contributed by atoms with E-state index in [0.29, 0.717) is 29.5 Å². The molecule has 2 aliphatic carbocycles. The van der Waals surface area contributed by atoms with Crippen molar-refractivity contribution in [3.63, 3.8) is 0 Å². The van der Waals surface area contributed by atoms with E-state index in [0.717, 1.165) is 25.7 Å². The highest BCUT2D eigenvalue weighted by Crippen LogP contribution is 2.46. The summed E-state index contributed by atoms with van der Waals surface area (Å²) < 4.78 is 0. The van der Waals surface area contributed by atoms with E-state index in [4.69, 9.17) is 24.4 Å². The predicted octanol–water partition coefficient (Wildman–Crippen LogP) is 1.64. The van der Waals surface area contributed by atoms with E-state index in [-0.39, 0.29) is 22.4 Å². The number of thiocarbonyl (C=S) groups is 2. The molecular formula is C17H28N4O2S2. The van der Waals surface area contributed by atoms with Crippen molar-refractivity contribution in [1.82, 2.24) is 20.9 Å². The topological polar surface area (TPSA) is 64.7 Å². The molecule has 8 heteroatoms. The van der Waals surface area contributed by atoms with Gasteiger partial charge in [0.05, 0.1) is 29.5 Å². The zero-order chi connectivity index (χ0) is 18.8. The molecule has 0 aromatic rings. The predicted molar refractivity (Wildman–Crippen MR) is 106 cm³/mol. The summed E-state index contributed by atoms with van der Waals surface area (Å²) in [5.74, 6) is 0.468. The lowest BCUT2D eigenvalue weighted by atomic mass is 10.0. The lowest BCUT2D eigenvalue weighted by molar-refractivity contribution is -0.125. The van der Waals surface area contributed by atoms with Gasteiger partial charge in [-0.25, -0.2) is 10.0 Å². The summed E-state index contributed by atoms with van der Waals surface area (Å²) in [6.45, 7) is 4.65. The van der Waals surface area contributed by atoms with Gasteiger partial charge in [0.25, 0.3) is 0 Å². The van der Waals surface area contributed by atoms with Gasteiger partial charge >= 0.3 is 0 Å². The van der Waals surface area contributed by atoms with Gasteiger partial charge in [0.2, 0.25) is 0 Å². The molecule has 2 aliphatic rings. The summed E-state index contributed by atoms with van der Waals surface area (Å²) in [5, 5.41) is 3.41. The third kappa shape index (κ3) is 6.06. The Morgan fingerprint density at radius 3 is 1.44 bits per heavy atom. The molecule has 0 aromatic carbocycles. The van der Waals surface area contributed by atoms with Crippen molar-refractivity contribution in [2.24, 2.45) is 10.8 Å². The van der Waals surface area contributed by atoms with E-state index in [1.807, 2.05) is 13.8 Å². The fraction of sp³-hybridized carbons (Fsp3) is 0.765. The number of hydrazine groups is 2. The molecule has 2 N–H and O–H groups in total. The highest BCUT2D eigenvalue weighted by atomic mass is 32.1. The van der Waals surface area contributed by atoms with Crippen molar-refractivity contribution in [2.75, 3.05) is 27.2 Å². The SMILES string of the molecule is CN(CC(=O)C1(C)CC1)NC(=S)CC(=S)NN(C)CC(=O)C1(C)CC1. The van der Waals surface area contributed by atoms with Crippen LogP contribution in [0, 0.1) is 10.8 Å². The van der Waals surface area contributed by atoms with Crippen LogP contribution in [0.3, 0.4) is 0 Å². The van der Waals surface area contributed by atoms with Crippen molar-refractivity contribution in [3.05, 3.63) is 0 Å². The average molecular weight is 385 g/mol. The second-order valence-electron chi connectivity index (χ2n) is 7.93. The van der Waals surface area contributed by atoms with Gasteiger partial charge in [-0.15, -0.1) is 0 Å². The number of hydrogen-bond acceptors (Lipinski definition) is 6. The standard InChI is InChI=1S/C17H28N4O2S2/c1-16(5-6-16)12(22)10-20(3)18-14(24)9-15(25)19-21(4)11-13(23)17(2)7-8-17/h5-11H2,1-4H3,(H,18,24)(H,19,25). The minimum atomic E-state index is -0.137. The molecule has 2 saturated carbocycles. The molecule has 140 valence electrons. The van der Waals surface area contributed by atoms with Gasteiger partial charge in [-0.05, 0) is 25.7 Å². The van der Waals surface area contributed by atoms with Crippen LogP contribution >= 0.6 is 24.4 Å². The highest BCUT2D eigenvalue weighted by molar-refractivity contribution is 7.82. The first kappa shape index (κ1) is 20.4. The molecule has 0 aromatic heterocycles. The molecule has 0 heterocycles. The molecule has 6 nitrogen and oxygen atoms in total. The molecule has 2 fully saturated rings. The first-order valence-corrected chi connectivity index (χ1v) is 9.44. The smallest absolute Gasteiger partial charge is 0.154 e. The van der Waals surface area contributed by atoms with Gasteiger partial charge in [0, 0.05) is 24.9 Å². The van der Waals surface area contributed by atoms with Crippen LogP contribution in [0.5, 0.6) is 0 Å². The zero-order valence-corrected chi connectivity index (χ0v) is 17.1. The fourth-order valence-corrected chi connectivity index (χ4v) is 3.17. The summed E-state index contributed by atoms with van der Waals surface area (Å²) in [5.41, 5.74) is 5.77. The van der Waals surface area contributed by atoms with Crippen molar-refractivity contribution in [2.45, 2.75) is 46.0 Å². The lowest BCUT2D eigenvalue weighted by Gasteiger charge is -2.23. The first-order chi connectivity index (χ1) is 11.5. The number of rotatable bonds is 10. The number of likely N-dealkylation sites (N-methyl/N-ethyl adjacent to an activating group) is 2. The summed E-state index contributed by atoms with van der Waals surface area (Å²) in [6.07, 6.45) is 4.27. The Hall–Kier alpha value is -0.960. The number of nitrogens with zero attached hydrogens (tertiary/aromatic N) is 2. The van der Waals surface area contributed by atoms with Crippen LogP contribution in [0.15, 0.2) is 0 Å². The van der Waals surface area contributed by atoms with Gasteiger partial charge in [-0.3, -0.25) is 9.59 Å². The third-order valence-corrected chi connectivity index (χ3v) is 5.53. The summed E-state index contributed by atoms with van der Waals surface area (Å²) >= 11 is 10.6. The summed E-state index contributed by atoms with van der Waals surface area (Å²) in [4.78, 5) is 25.2. The van der Waals surface area contributed by atoms with Crippen molar-refractivity contribution < 1.29 is 9.59 Å². The number of hydrogen-bond donors (Lipinski definition) is 2. The highest BCUT2D eigenvalue weighted by Gasteiger charge is 2.45. The fourth-order valence-electron chi connectivity index (χ4n) is 2.47. The quantitative estimate of drug-likeness (QED) is 0.435. The molecule has 0 amide bonds. The van der Waals surface area contributed by atoms with E-state index in [1.165, 1.54) is 0 Å². The number of ketones is 2. The molecule has 0 aliphatic heterocycles. The number of carbonyl (C=O) groups is 2. The zero-order valence-electron chi connectivity index (χ0n) is 15.5. The van der Waals surface area contributed by atoms with Crippen LogP contribution in [-0.4, -0.2) is 58.7 Å². The maximum Gasteiger partial charge on any atom is 0.154 e. The maximum atomic E-state index is 12.1. The monoisotopic (exact) mass is 384 g/mol. The molecule has 0 spiro atoms. The molecule has 0 bridgehead atoms. The van der Waals surface area contributed by atoms with E-state index in [9.17, 15) is 9.59 Å². The molecule has 25 heavy (non-hydrogen) atoms. The lowest BCUT2D eigenvalue weighted by Crippen LogP contribution is -2.46. The van der Waals surface area contributed by atoms with E-state index < -0.39 is 0 Å². The van der Waals surface area contributed by atoms with Crippen LogP contribution in [0.2, 0.25) is 0 Å². The Bertz CT molecular complexity index is 535. The van der Waals surface area contributed by atoms with E-state index in [2.05, 4.69) is 10.9 Å². The summed E-state index contributed by atoms with van der Waals surface area (Å²) in [6, 6.07) is 0. The Balaban J connectivity index is 1.66. The number of Topliss-reactive ketones (excluding diaryl/α,β-unsaturated/α-hetero) is 2. The minimum Gasteiger partial charge on any atom is -0.312 e. The second kappa shape index (κ2) is 7.73. The molecule has 0 radical (unpaired) electrons. The van der Waals surface area contributed by atoms with Crippen molar-refractivity contribution >= 4 is 46.0 Å². The Labute approximate surface area is 160 Å². The molecule has 0 saturated heterocycles. The second-order valence-corrected chi connectivity index (χ2v) is 8.91. The van der Waals surface area contributed by atoms with Crippen LogP contribution in [-0.2, 0) is 9.59 Å². The molecule has 0 atom stereocenters. The number of carbonyl (C=O) groups excluding carboxylic acids is 2. The first-order valence-electron chi connectivity index (χ1n) is 8.62. The van der Waals surface area contributed by atoms with Gasteiger partial charge in [-0.2, -0.15) is 0 Å². The van der Waals surface area contributed by atoms with Crippen LogP contribution in [0.4, 0.5) is 0 Å². The third-order valence-electron chi connectivity index (χ3n) is 5.06. The Morgan fingerprint density at radius 2 is 1.16 bits per heavy atom. The van der Waals surface area contributed by atoms with Crippen molar-refractivity contribution in [1.29, 1.82) is 0 Å². The van der Waals surface area contributed by atoms with Gasteiger partial charge < -0.3 is 10.9 Å². The minimum absolute atomic E-state index is 0.137. The van der Waals surface area contributed by atoms with Crippen molar-refractivity contribution in [3.8, 4) is 0 Å². The molecule has 2 rings (SSSR count). The van der Waals surface area contributed by atoms with E-state index in [1.54, 1.807) is 24.1 Å². The maximum absolute atomic E-state index is 12.1. The average Bonchev–Trinajstić information content (AvgIpc) is 3.37. The van der Waals surface area contributed by atoms with Crippen LogP contribution < -0.4 is 10.9 Å². The largest absolute Gasteiger partial charge is 0.312 e.